The molecule has 1 amide bonds. The van der Waals surface area contributed by atoms with E-state index < -0.39 is 11.9 Å². The molecule has 0 aliphatic carbocycles. The van der Waals surface area contributed by atoms with E-state index in [9.17, 15) is 9.18 Å². The number of nitrogens with zero attached hydrogens (tertiary/aromatic N) is 2. The Kier molecular flexibility index (Phi) is 4.99. The monoisotopic (exact) mass is 393 g/mol. The summed E-state index contributed by atoms with van der Waals surface area (Å²) >= 11 is 1.49. The molecule has 0 spiro atoms. The highest BCUT2D eigenvalue weighted by molar-refractivity contribution is 7.21. The molecule has 0 fully saturated rings. The summed E-state index contributed by atoms with van der Waals surface area (Å²) in [7, 11) is 0. The lowest BCUT2D eigenvalue weighted by atomic mass is 10.2. The van der Waals surface area contributed by atoms with Crippen molar-refractivity contribution < 1.29 is 13.9 Å². The Morgan fingerprint density at radius 1 is 1.14 bits per heavy atom. The van der Waals surface area contributed by atoms with Gasteiger partial charge in [0, 0.05) is 17.4 Å². The molecule has 2 aromatic carbocycles. The Bertz CT molecular complexity index is 1110. The average Bonchev–Trinajstić information content (AvgIpc) is 3.14. The van der Waals surface area contributed by atoms with Gasteiger partial charge in [0.15, 0.2) is 17.7 Å². The van der Waals surface area contributed by atoms with E-state index in [4.69, 9.17) is 4.74 Å². The maximum atomic E-state index is 13.7. The fourth-order valence-electron chi connectivity index (χ4n) is 2.65. The van der Waals surface area contributed by atoms with Crippen LogP contribution < -0.4 is 10.1 Å². The zero-order valence-corrected chi connectivity index (χ0v) is 15.7. The van der Waals surface area contributed by atoms with E-state index in [-0.39, 0.29) is 11.7 Å². The summed E-state index contributed by atoms with van der Waals surface area (Å²) in [5.41, 5.74) is 2.33. The highest BCUT2D eigenvalue weighted by Gasteiger charge is 2.17. The number of ether oxygens (including phenoxy) is 1. The molecule has 0 aliphatic rings. The van der Waals surface area contributed by atoms with Crippen LogP contribution in [0.1, 0.15) is 6.92 Å². The number of para-hydroxylation sites is 1. The van der Waals surface area contributed by atoms with E-state index in [1.54, 1.807) is 31.3 Å². The molecule has 28 heavy (non-hydrogen) atoms. The molecule has 0 bridgehead atoms. The first-order chi connectivity index (χ1) is 13.6. The van der Waals surface area contributed by atoms with Gasteiger partial charge in [-0.15, -0.1) is 0 Å². The van der Waals surface area contributed by atoms with Crippen LogP contribution in [0.25, 0.3) is 20.9 Å². The summed E-state index contributed by atoms with van der Waals surface area (Å²) in [5.74, 6) is -0.833. The number of benzene rings is 2. The number of rotatable bonds is 5. The van der Waals surface area contributed by atoms with Crippen molar-refractivity contribution in [1.82, 2.24) is 9.97 Å². The molecule has 1 atom stereocenters. The van der Waals surface area contributed by atoms with Crippen molar-refractivity contribution >= 4 is 33.3 Å². The summed E-state index contributed by atoms with van der Waals surface area (Å²) in [4.78, 5) is 22.2. The Hall–Kier alpha value is -3.32. The van der Waals surface area contributed by atoms with Crippen LogP contribution in [0.2, 0.25) is 0 Å². The average molecular weight is 393 g/mol. The molecule has 7 heteroatoms. The Morgan fingerprint density at radius 3 is 2.82 bits per heavy atom. The van der Waals surface area contributed by atoms with Crippen LogP contribution in [-0.4, -0.2) is 22.0 Å². The summed E-state index contributed by atoms with van der Waals surface area (Å²) < 4.78 is 19.1. The van der Waals surface area contributed by atoms with E-state index in [1.807, 2.05) is 30.3 Å². The molecule has 1 N–H and O–H groups in total. The second-order valence-corrected chi connectivity index (χ2v) is 7.08. The van der Waals surface area contributed by atoms with Crippen LogP contribution in [0, 0.1) is 5.82 Å². The van der Waals surface area contributed by atoms with Gasteiger partial charge in [-0.3, -0.25) is 4.79 Å². The van der Waals surface area contributed by atoms with Crippen molar-refractivity contribution in [2.24, 2.45) is 0 Å². The normalized spacial score (nSPS) is 11.9. The molecule has 2 heterocycles. The number of halogens is 1. The van der Waals surface area contributed by atoms with Crippen LogP contribution in [0.3, 0.4) is 0 Å². The molecule has 0 saturated heterocycles. The minimum absolute atomic E-state index is 0.0425. The standard InChI is InChI=1S/C21H16FN3O2S/c1-13(27-18-10-3-2-8-16(18)22)19(26)24-15-7-4-6-14(12-15)20-25-17-9-5-11-23-21(17)28-20/h2-13H,1H3,(H,24,26)/t13-/m1/s1. The summed E-state index contributed by atoms with van der Waals surface area (Å²) in [6.45, 7) is 1.57. The molecule has 0 unspecified atom stereocenters. The number of aromatic nitrogens is 2. The van der Waals surface area contributed by atoms with E-state index in [0.29, 0.717) is 5.69 Å². The van der Waals surface area contributed by atoms with Gasteiger partial charge in [0.05, 0.1) is 0 Å². The maximum Gasteiger partial charge on any atom is 0.265 e. The first kappa shape index (κ1) is 18.1. The predicted octanol–water partition coefficient (Wildman–Crippen LogP) is 4.90. The third kappa shape index (κ3) is 3.84. The lowest BCUT2D eigenvalue weighted by Crippen LogP contribution is -2.30. The summed E-state index contributed by atoms with van der Waals surface area (Å²) in [6, 6.07) is 17.1. The fourth-order valence-corrected chi connectivity index (χ4v) is 3.56. The zero-order chi connectivity index (χ0) is 19.5. The minimum Gasteiger partial charge on any atom is -0.478 e. The van der Waals surface area contributed by atoms with Gasteiger partial charge in [-0.2, -0.15) is 0 Å². The van der Waals surface area contributed by atoms with Crippen LogP contribution >= 0.6 is 11.3 Å². The van der Waals surface area contributed by atoms with Gasteiger partial charge >= 0.3 is 0 Å². The fraction of sp³-hybridized carbons (Fsp3) is 0.0952. The third-order valence-corrected chi connectivity index (χ3v) is 5.08. The largest absolute Gasteiger partial charge is 0.478 e. The van der Waals surface area contributed by atoms with Gasteiger partial charge in [0.25, 0.3) is 5.91 Å². The molecule has 140 valence electrons. The number of hydrogen-bond acceptors (Lipinski definition) is 5. The number of thiazole rings is 1. The van der Waals surface area contributed by atoms with Crippen molar-refractivity contribution in [1.29, 1.82) is 0 Å². The van der Waals surface area contributed by atoms with E-state index >= 15 is 0 Å². The number of carbonyl (C=O) groups is 1. The van der Waals surface area contributed by atoms with Gasteiger partial charge in [0.1, 0.15) is 15.4 Å². The number of amides is 1. The lowest BCUT2D eigenvalue weighted by molar-refractivity contribution is -0.122. The number of anilines is 1. The van der Waals surface area contributed by atoms with Gasteiger partial charge in [0.2, 0.25) is 0 Å². The van der Waals surface area contributed by atoms with Crippen molar-refractivity contribution in [3.05, 3.63) is 72.7 Å². The van der Waals surface area contributed by atoms with E-state index in [2.05, 4.69) is 15.3 Å². The highest BCUT2D eigenvalue weighted by Crippen LogP contribution is 2.30. The Labute approximate surface area is 164 Å². The Balaban J connectivity index is 1.50. The van der Waals surface area contributed by atoms with Gasteiger partial charge in [-0.25, -0.2) is 14.4 Å². The van der Waals surface area contributed by atoms with Gasteiger partial charge < -0.3 is 10.1 Å². The van der Waals surface area contributed by atoms with Gasteiger partial charge in [-0.1, -0.05) is 35.6 Å². The van der Waals surface area contributed by atoms with Crippen LogP contribution in [0.15, 0.2) is 66.9 Å². The number of carbonyl (C=O) groups excluding carboxylic acids is 1. The van der Waals surface area contributed by atoms with Crippen molar-refractivity contribution in [3.8, 4) is 16.3 Å². The predicted molar refractivity (Wildman–Crippen MR) is 108 cm³/mol. The van der Waals surface area contributed by atoms with Crippen molar-refractivity contribution in [2.75, 3.05) is 5.32 Å². The second kappa shape index (κ2) is 7.74. The maximum absolute atomic E-state index is 13.7. The van der Waals surface area contributed by atoms with Crippen LogP contribution in [0.4, 0.5) is 10.1 Å². The molecule has 0 saturated carbocycles. The quantitative estimate of drug-likeness (QED) is 0.524. The molecule has 0 aliphatic heterocycles. The number of pyridine rings is 1. The number of nitrogens with one attached hydrogen (secondary N) is 1. The first-order valence-electron chi connectivity index (χ1n) is 8.64. The molecule has 4 rings (SSSR count). The lowest BCUT2D eigenvalue weighted by Gasteiger charge is -2.15. The number of fused-ring (bicyclic) bond motifs is 1. The Morgan fingerprint density at radius 2 is 2.00 bits per heavy atom. The molecular formula is C21H16FN3O2S. The topological polar surface area (TPSA) is 64.1 Å². The number of hydrogen-bond donors (Lipinski definition) is 1. The molecule has 2 aromatic heterocycles. The second-order valence-electron chi connectivity index (χ2n) is 6.11. The van der Waals surface area contributed by atoms with E-state index in [1.165, 1.54) is 23.5 Å². The van der Waals surface area contributed by atoms with E-state index in [0.717, 1.165) is 20.9 Å². The third-order valence-electron chi connectivity index (χ3n) is 4.05. The smallest absolute Gasteiger partial charge is 0.265 e. The molecule has 4 aromatic rings. The summed E-state index contributed by atoms with van der Waals surface area (Å²) in [5, 5.41) is 3.62. The van der Waals surface area contributed by atoms with Crippen molar-refractivity contribution in [2.45, 2.75) is 13.0 Å². The molecular weight excluding hydrogens is 377 g/mol. The minimum atomic E-state index is -0.854. The van der Waals surface area contributed by atoms with Crippen molar-refractivity contribution in [3.63, 3.8) is 0 Å². The summed E-state index contributed by atoms with van der Waals surface area (Å²) in [6.07, 6.45) is 0.880. The van der Waals surface area contributed by atoms with Crippen LogP contribution in [-0.2, 0) is 4.79 Å². The molecule has 5 nitrogen and oxygen atoms in total. The van der Waals surface area contributed by atoms with Gasteiger partial charge in [-0.05, 0) is 43.3 Å². The van der Waals surface area contributed by atoms with Crippen LogP contribution in [0.5, 0.6) is 5.75 Å². The zero-order valence-electron chi connectivity index (χ0n) is 14.9. The first-order valence-corrected chi connectivity index (χ1v) is 9.46. The molecule has 0 radical (unpaired) electrons. The highest BCUT2D eigenvalue weighted by atomic mass is 32.1. The SMILES string of the molecule is C[C@@H](Oc1ccccc1F)C(=O)Nc1cccc(-c2nc3cccnc3s2)c1.